The van der Waals surface area contributed by atoms with Gasteiger partial charge in [0.1, 0.15) is 12.4 Å². The first-order chi connectivity index (χ1) is 9.99. The maximum absolute atomic E-state index is 13.7. The van der Waals surface area contributed by atoms with E-state index in [0.717, 1.165) is 6.07 Å². The number of carbonyl (C=O) groups is 2. The lowest BCUT2D eigenvalue weighted by molar-refractivity contribution is -0.143. The Kier molecular flexibility index (Phi) is 6.61. The molecule has 6 nitrogen and oxygen atoms in total. The SMILES string of the molecule is CCOC(=O)CN(CCOC)C(=O)c1cc(N)ccc1F. The molecule has 2 N–H and O–H groups in total. The number of methoxy groups -OCH3 is 1. The molecule has 0 aliphatic heterocycles. The molecule has 0 aliphatic carbocycles. The van der Waals surface area contributed by atoms with E-state index in [0.29, 0.717) is 0 Å². The molecule has 21 heavy (non-hydrogen) atoms. The Morgan fingerprint density at radius 2 is 2.10 bits per heavy atom. The largest absolute Gasteiger partial charge is 0.465 e. The fourth-order valence-corrected chi connectivity index (χ4v) is 1.69. The summed E-state index contributed by atoms with van der Waals surface area (Å²) in [5.41, 5.74) is 5.64. The number of halogens is 1. The molecule has 0 heterocycles. The van der Waals surface area contributed by atoms with Crippen molar-refractivity contribution in [3.8, 4) is 0 Å². The third kappa shape index (κ3) is 5.03. The number of hydrogen-bond acceptors (Lipinski definition) is 5. The van der Waals surface area contributed by atoms with Crippen molar-refractivity contribution < 1.29 is 23.5 Å². The Bertz CT molecular complexity index is 508. The van der Waals surface area contributed by atoms with Crippen LogP contribution in [-0.2, 0) is 14.3 Å². The smallest absolute Gasteiger partial charge is 0.325 e. The van der Waals surface area contributed by atoms with Crippen LogP contribution in [0.5, 0.6) is 0 Å². The number of nitrogens with zero attached hydrogens (tertiary/aromatic N) is 1. The first kappa shape index (κ1) is 16.9. The standard InChI is InChI=1S/C14H19FN2O4/c1-3-21-13(18)9-17(6-7-20-2)14(19)11-8-10(16)4-5-12(11)15/h4-5,8H,3,6-7,9,16H2,1-2H3. The zero-order valence-electron chi connectivity index (χ0n) is 12.1. The minimum atomic E-state index is -0.694. The summed E-state index contributed by atoms with van der Waals surface area (Å²) >= 11 is 0. The van der Waals surface area contributed by atoms with Gasteiger partial charge in [-0.2, -0.15) is 0 Å². The zero-order chi connectivity index (χ0) is 15.8. The highest BCUT2D eigenvalue weighted by Gasteiger charge is 2.22. The van der Waals surface area contributed by atoms with Crippen LogP contribution in [0.4, 0.5) is 10.1 Å². The number of hydrogen-bond donors (Lipinski definition) is 1. The van der Waals surface area contributed by atoms with E-state index in [1.807, 2.05) is 0 Å². The van der Waals surface area contributed by atoms with Crippen molar-refractivity contribution in [3.05, 3.63) is 29.6 Å². The Labute approximate surface area is 122 Å². The number of rotatable bonds is 7. The van der Waals surface area contributed by atoms with Gasteiger partial charge in [0.05, 0.1) is 18.8 Å². The van der Waals surface area contributed by atoms with Crippen LogP contribution < -0.4 is 5.73 Å². The zero-order valence-corrected chi connectivity index (χ0v) is 12.1. The van der Waals surface area contributed by atoms with E-state index in [1.54, 1.807) is 6.92 Å². The van der Waals surface area contributed by atoms with Gasteiger partial charge in [0.2, 0.25) is 0 Å². The molecule has 1 aromatic carbocycles. The maximum atomic E-state index is 13.7. The number of carbonyl (C=O) groups excluding carboxylic acids is 2. The molecule has 0 atom stereocenters. The van der Waals surface area contributed by atoms with Crippen LogP contribution in [0, 0.1) is 5.82 Å². The van der Waals surface area contributed by atoms with Gasteiger partial charge in [-0.3, -0.25) is 9.59 Å². The van der Waals surface area contributed by atoms with Crippen molar-refractivity contribution in [1.82, 2.24) is 4.90 Å². The second-order valence-electron chi connectivity index (χ2n) is 4.26. The van der Waals surface area contributed by atoms with Crippen LogP contribution >= 0.6 is 0 Å². The second kappa shape index (κ2) is 8.21. The number of benzene rings is 1. The number of esters is 1. The van der Waals surface area contributed by atoms with E-state index in [2.05, 4.69) is 0 Å². The quantitative estimate of drug-likeness (QED) is 0.601. The Hall–Kier alpha value is -2.15. The highest BCUT2D eigenvalue weighted by Crippen LogP contribution is 2.14. The molecule has 0 aliphatic rings. The lowest BCUT2D eigenvalue weighted by Gasteiger charge is -2.21. The molecule has 0 fully saturated rings. The summed E-state index contributed by atoms with van der Waals surface area (Å²) in [4.78, 5) is 25.0. The molecule has 0 saturated carbocycles. The molecule has 0 unspecified atom stereocenters. The van der Waals surface area contributed by atoms with Gasteiger partial charge in [0.15, 0.2) is 0 Å². The van der Waals surface area contributed by atoms with Gasteiger partial charge >= 0.3 is 5.97 Å². The molecule has 0 spiro atoms. The summed E-state index contributed by atoms with van der Waals surface area (Å²) in [6.45, 7) is 1.95. The fourth-order valence-electron chi connectivity index (χ4n) is 1.69. The molecular weight excluding hydrogens is 279 g/mol. The van der Waals surface area contributed by atoms with E-state index < -0.39 is 17.7 Å². The second-order valence-corrected chi connectivity index (χ2v) is 4.26. The molecule has 0 saturated heterocycles. The van der Waals surface area contributed by atoms with Crippen LogP contribution in [0.1, 0.15) is 17.3 Å². The average Bonchev–Trinajstić information content (AvgIpc) is 2.45. The van der Waals surface area contributed by atoms with Gasteiger partial charge in [-0.15, -0.1) is 0 Å². The fraction of sp³-hybridized carbons (Fsp3) is 0.429. The first-order valence-corrected chi connectivity index (χ1v) is 6.48. The summed E-state index contributed by atoms with van der Waals surface area (Å²) in [6.07, 6.45) is 0. The van der Waals surface area contributed by atoms with E-state index in [4.69, 9.17) is 15.2 Å². The van der Waals surface area contributed by atoms with Gasteiger partial charge in [-0.05, 0) is 25.1 Å². The highest BCUT2D eigenvalue weighted by atomic mass is 19.1. The summed E-state index contributed by atoms with van der Waals surface area (Å²) in [6, 6.07) is 3.71. The van der Waals surface area contributed by atoms with Crippen molar-refractivity contribution in [2.24, 2.45) is 0 Å². The predicted molar refractivity (Wildman–Crippen MR) is 75.2 cm³/mol. The third-order valence-electron chi connectivity index (χ3n) is 2.70. The number of nitrogen functional groups attached to an aromatic ring is 1. The van der Waals surface area contributed by atoms with E-state index in [9.17, 15) is 14.0 Å². The van der Waals surface area contributed by atoms with Crippen molar-refractivity contribution in [1.29, 1.82) is 0 Å². The van der Waals surface area contributed by atoms with E-state index in [1.165, 1.54) is 24.1 Å². The Morgan fingerprint density at radius 1 is 1.38 bits per heavy atom. The molecule has 1 rings (SSSR count). The molecule has 7 heteroatoms. The van der Waals surface area contributed by atoms with Crippen molar-refractivity contribution >= 4 is 17.6 Å². The minimum Gasteiger partial charge on any atom is -0.465 e. The number of ether oxygens (including phenoxy) is 2. The molecule has 0 aromatic heterocycles. The van der Waals surface area contributed by atoms with Crippen LogP contribution in [-0.4, -0.2) is 50.2 Å². The molecule has 1 aromatic rings. The van der Waals surface area contributed by atoms with E-state index >= 15 is 0 Å². The van der Waals surface area contributed by atoms with Gasteiger partial charge < -0.3 is 20.1 Å². The lowest BCUT2D eigenvalue weighted by Crippen LogP contribution is -2.39. The number of anilines is 1. The van der Waals surface area contributed by atoms with Crippen LogP contribution in [0.3, 0.4) is 0 Å². The van der Waals surface area contributed by atoms with Gasteiger partial charge in [0.25, 0.3) is 5.91 Å². The molecule has 0 radical (unpaired) electrons. The maximum Gasteiger partial charge on any atom is 0.325 e. The summed E-state index contributed by atoms with van der Waals surface area (Å²) < 4.78 is 23.4. The topological polar surface area (TPSA) is 81.9 Å². The van der Waals surface area contributed by atoms with Crippen LogP contribution in [0.2, 0.25) is 0 Å². The third-order valence-corrected chi connectivity index (χ3v) is 2.70. The highest BCUT2D eigenvalue weighted by molar-refractivity contribution is 5.97. The van der Waals surface area contributed by atoms with Gasteiger partial charge in [-0.1, -0.05) is 0 Å². The predicted octanol–water partition coefficient (Wildman–Crippen LogP) is 1.06. The van der Waals surface area contributed by atoms with Crippen molar-refractivity contribution in [3.63, 3.8) is 0 Å². The monoisotopic (exact) mass is 298 g/mol. The van der Waals surface area contributed by atoms with Crippen molar-refractivity contribution in [2.75, 3.05) is 39.1 Å². The molecule has 116 valence electrons. The molecule has 0 bridgehead atoms. The molecular formula is C14H19FN2O4. The van der Waals surface area contributed by atoms with E-state index in [-0.39, 0.29) is 37.6 Å². The Morgan fingerprint density at radius 3 is 2.71 bits per heavy atom. The molecule has 1 amide bonds. The van der Waals surface area contributed by atoms with Crippen molar-refractivity contribution in [2.45, 2.75) is 6.92 Å². The summed E-state index contributed by atoms with van der Waals surface area (Å²) in [5, 5.41) is 0. The van der Waals surface area contributed by atoms with Crippen LogP contribution in [0.15, 0.2) is 18.2 Å². The summed E-state index contributed by atoms with van der Waals surface area (Å²) in [7, 11) is 1.47. The Balaban J connectivity index is 2.92. The average molecular weight is 298 g/mol. The summed E-state index contributed by atoms with van der Waals surface area (Å²) in [5.74, 6) is -1.89. The number of nitrogens with two attached hydrogens (primary N) is 1. The lowest BCUT2D eigenvalue weighted by atomic mass is 10.1. The normalized spacial score (nSPS) is 10.2. The van der Waals surface area contributed by atoms with Crippen LogP contribution in [0.25, 0.3) is 0 Å². The van der Waals surface area contributed by atoms with Gasteiger partial charge in [-0.25, -0.2) is 4.39 Å². The minimum absolute atomic E-state index is 0.141. The van der Waals surface area contributed by atoms with Gasteiger partial charge in [0, 0.05) is 19.3 Å². The number of amides is 1. The first-order valence-electron chi connectivity index (χ1n) is 6.48.